The van der Waals surface area contributed by atoms with Gasteiger partial charge in [0.1, 0.15) is 0 Å². The highest BCUT2D eigenvalue weighted by molar-refractivity contribution is 9.10. The summed E-state index contributed by atoms with van der Waals surface area (Å²) in [7, 11) is 0. The Morgan fingerprint density at radius 3 is 1.86 bits per heavy atom. The first-order valence-electron chi connectivity index (χ1n) is 5.78. The smallest absolute Gasteiger partial charge is 0.196 e. The SMILES string of the molecule is Nc1cc(Br)c(N)c2c1C(=O)c1cc(Cl)c(Cl)cc1C2=O. The number of ketones is 2. The van der Waals surface area contributed by atoms with E-state index in [2.05, 4.69) is 15.9 Å². The third-order valence-corrected chi connectivity index (χ3v) is 4.73. The Hall–Kier alpha value is -1.56. The summed E-state index contributed by atoms with van der Waals surface area (Å²) in [6, 6.07) is 4.25. The molecular formula is C14H7BrCl2N2O2. The fourth-order valence-electron chi connectivity index (χ4n) is 2.36. The first kappa shape index (κ1) is 14.4. The number of rotatable bonds is 0. The van der Waals surface area contributed by atoms with Gasteiger partial charge in [-0.1, -0.05) is 23.2 Å². The number of nitrogens with two attached hydrogens (primary N) is 2. The molecule has 21 heavy (non-hydrogen) atoms. The standard InChI is InChI=1S/C14H7BrCl2N2O2/c15-6-3-9(18)10-11(12(6)19)14(21)5-2-8(17)7(16)1-4(5)13(10)20/h1-3H,18-19H2. The molecule has 0 amide bonds. The van der Waals surface area contributed by atoms with Gasteiger partial charge in [-0.05, 0) is 34.1 Å². The Bertz CT molecular complexity index is 850. The third-order valence-electron chi connectivity index (χ3n) is 3.35. The van der Waals surface area contributed by atoms with Crippen LogP contribution in [0.15, 0.2) is 22.7 Å². The van der Waals surface area contributed by atoms with E-state index in [4.69, 9.17) is 34.7 Å². The van der Waals surface area contributed by atoms with Gasteiger partial charge in [0.05, 0.1) is 26.9 Å². The maximum Gasteiger partial charge on any atom is 0.196 e. The molecule has 0 aromatic heterocycles. The van der Waals surface area contributed by atoms with E-state index in [1.807, 2.05) is 0 Å². The maximum atomic E-state index is 12.6. The zero-order valence-electron chi connectivity index (χ0n) is 10.3. The van der Waals surface area contributed by atoms with Crippen LogP contribution in [0.2, 0.25) is 10.0 Å². The van der Waals surface area contributed by atoms with Gasteiger partial charge in [0.25, 0.3) is 0 Å². The molecule has 3 rings (SSSR count). The number of hydrogen-bond donors (Lipinski definition) is 2. The molecule has 0 saturated carbocycles. The molecular weight excluding hydrogens is 379 g/mol. The van der Waals surface area contributed by atoms with Crippen molar-refractivity contribution in [3.63, 3.8) is 0 Å². The Labute approximate surface area is 138 Å². The largest absolute Gasteiger partial charge is 0.398 e. The second-order valence-corrected chi connectivity index (χ2v) is 6.25. The van der Waals surface area contributed by atoms with E-state index in [-0.39, 0.29) is 43.7 Å². The number of hydrogen-bond acceptors (Lipinski definition) is 4. The number of benzene rings is 2. The quantitative estimate of drug-likeness (QED) is 0.577. The zero-order chi connectivity index (χ0) is 15.5. The molecule has 7 heteroatoms. The average Bonchev–Trinajstić information content (AvgIpc) is 2.42. The number of carbonyl (C=O) groups is 2. The van der Waals surface area contributed by atoms with Gasteiger partial charge >= 0.3 is 0 Å². The van der Waals surface area contributed by atoms with Crippen molar-refractivity contribution in [2.75, 3.05) is 11.5 Å². The Morgan fingerprint density at radius 1 is 0.857 bits per heavy atom. The summed E-state index contributed by atoms with van der Waals surface area (Å²) in [5.74, 6) is -0.793. The lowest BCUT2D eigenvalue weighted by Gasteiger charge is -2.21. The van der Waals surface area contributed by atoms with Gasteiger partial charge in [0.15, 0.2) is 11.6 Å². The molecule has 0 radical (unpaired) electrons. The summed E-state index contributed by atoms with van der Waals surface area (Å²) >= 11 is 15.1. The third kappa shape index (κ3) is 1.96. The Morgan fingerprint density at radius 2 is 1.33 bits per heavy atom. The second-order valence-electron chi connectivity index (χ2n) is 4.58. The molecule has 0 aliphatic heterocycles. The van der Waals surface area contributed by atoms with Crippen molar-refractivity contribution >= 4 is 62.1 Å². The van der Waals surface area contributed by atoms with Crippen molar-refractivity contribution in [1.29, 1.82) is 0 Å². The summed E-state index contributed by atoms with van der Waals surface area (Å²) < 4.78 is 0.461. The molecule has 0 bridgehead atoms. The summed E-state index contributed by atoms with van der Waals surface area (Å²) in [6.07, 6.45) is 0. The van der Waals surface area contributed by atoms with E-state index in [9.17, 15) is 9.59 Å². The molecule has 0 fully saturated rings. The molecule has 2 aromatic rings. The predicted molar refractivity (Wildman–Crippen MR) is 86.3 cm³/mol. The van der Waals surface area contributed by atoms with Gasteiger partial charge in [-0.3, -0.25) is 9.59 Å². The topological polar surface area (TPSA) is 86.2 Å². The maximum absolute atomic E-state index is 12.6. The van der Waals surface area contributed by atoms with Gasteiger partial charge in [-0.2, -0.15) is 0 Å². The Balaban J connectivity index is 2.41. The van der Waals surface area contributed by atoms with Crippen LogP contribution < -0.4 is 11.5 Å². The first-order chi connectivity index (χ1) is 9.82. The molecule has 2 aromatic carbocycles. The van der Waals surface area contributed by atoms with Crippen LogP contribution in [0.4, 0.5) is 11.4 Å². The molecule has 4 nitrogen and oxygen atoms in total. The molecule has 1 aliphatic carbocycles. The first-order valence-corrected chi connectivity index (χ1v) is 7.33. The fraction of sp³-hybridized carbons (Fsp3) is 0. The highest BCUT2D eigenvalue weighted by atomic mass is 79.9. The van der Waals surface area contributed by atoms with Gasteiger partial charge in [0, 0.05) is 21.3 Å². The van der Waals surface area contributed by atoms with Gasteiger partial charge < -0.3 is 11.5 Å². The van der Waals surface area contributed by atoms with E-state index in [1.54, 1.807) is 0 Å². The van der Waals surface area contributed by atoms with Gasteiger partial charge in [-0.15, -0.1) is 0 Å². The van der Waals surface area contributed by atoms with Crippen molar-refractivity contribution in [3.05, 3.63) is 55.0 Å². The lowest BCUT2D eigenvalue weighted by Crippen LogP contribution is -2.24. The monoisotopic (exact) mass is 384 g/mol. The molecule has 4 N–H and O–H groups in total. The molecule has 0 spiro atoms. The highest BCUT2D eigenvalue weighted by Crippen LogP contribution is 2.40. The molecule has 0 unspecified atom stereocenters. The zero-order valence-corrected chi connectivity index (χ0v) is 13.4. The van der Waals surface area contributed by atoms with Crippen LogP contribution in [-0.4, -0.2) is 11.6 Å². The van der Waals surface area contributed by atoms with E-state index < -0.39 is 11.6 Å². The van der Waals surface area contributed by atoms with Crippen LogP contribution in [0.5, 0.6) is 0 Å². The average molecular weight is 386 g/mol. The lowest BCUT2D eigenvalue weighted by molar-refractivity contribution is 0.0980. The van der Waals surface area contributed by atoms with Gasteiger partial charge in [-0.25, -0.2) is 0 Å². The van der Waals surface area contributed by atoms with E-state index in [0.717, 1.165) is 0 Å². The predicted octanol–water partition coefficient (Wildman–Crippen LogP) is 3.70. The van der Waals surface area contributed by atoms with Crippen LogP contribution in [0, 0.1) is 0 Å². The summed E-state index contributed by atoms with van der Waals surface area (Å²) in [5.41, 5.74) is 12.7. The lowest BCUT2D eigenvalue weighted by atomic mass is 9.82. The van der Waals surface area contributed by atoms with Crippen molar-refractivity contribution < 1.29 is 9.59 Å². The second kappa shape index (κ2) is 4.73. The fourth-order valence-corrected chi connectivity index (χ4v) is 3.13. The van der Waals surface area contributed by atoms with Crippen LogP contribution in [0.3, 0.4) is 0 Å². The van der Waals surface area contributed by atoms with Crippen LogP contribution in [0.1, 0.15) is 31.8 Å². The number of fused-ring (bicyclic) bond motifs is 2. The number of halogens is 3. The van der Waals surface area contributed by atoms with Crippen molar-refractivity contribution in [2.45, 2.75) is 0 Å². The normalized spacial score (nSPS) is 13.1. The minimum Gasteiger partial charge on any atom is -0.398 e. The minimum atomic E-state index is -0.399. The molecule has 0 saturated heterocycles. The van der Waals surface area contributed by atoms with Crippen LogP contribution >= 0.6 is 39.1 Å². The minimum absolute atomic E-state index is 0.0952. The molecule has 1 aliphatic rings. The van der Waals surface area contributed by atoms with Crippen LogP contribution in [-0.2, 0) is 0 Å². The molecule has 0 heterocycles. The summed E-state index contributed by atoms with van der Waals surface area (Å²) in [5, 5.41) is 0.394. The van der Waals surface area contributed by atoms with Crippen molar-refractivity contribution in [1.82, 2.24) is 0 Å². The number of anilines is 2. The Kier molecular flexibility index (Phi) is 3.24. The number of carbonyl (C=O) groups excluding carboxylic acids is 2. The summed E-state index contributed by atoms with van der Waals surface area (Å²) in [6.45, 7) is 0. The number of nitrogen functional groups attached to an aromatic ring is 2. The van der Waals surface area contributed by atoms with Crippen molar-refractivity contribution in [3.8, 4) is 0 Å². The summed E-state index contributed by atoms with van der Waals surface area (Å²) in [4.78, 5) is 25.2. The van der Waals surface area contributed by atoms with Gasteiger partial charge in [0.2, 0.25) is 0 Å². The molecule has 106 valence electrons. The van der Waals surface area contributed by atoms with E-state index in [1.165, 1.54) is 18.2 Å². The highest BCUT2D eigenvalue weighted by Gasteiger charge is 2.34. The molecule has 0 atom stereocenters. The van der Waals surface area contributed by atoms with Crippen molar-refractivity contribution in [2.24, 2.45) is 0 Å². The van der Waals surface area contributed by atoms with E-state index in [0.29, 0.717) is 4.47 Å². The van der Waals surface area contributed by atoms with Crippen LogP contribution in [0.25, 0.3) is 0 Å². The van der Waals surface area contributed by atoms with E-state index >= 15 is 0 Å².